The average Bonchev–Trinajstić information content (AvgIpc) is 2.14. The largest absolute Gasteiger partial charge is 0.396 e. The first kappa shape index (κ1) is 11.4. The topological polar surface area (TPSA) is 37.3 Å². The number of aldehydes is 1. The Balaban J connectivity index is 2.62. The maximum absolute atomic E-state index is 10.8. The van der Waals surface area contributed by atoms with Crippen LogP contribution < -0.4 is 0 Å². The van der Waals surface area contributed by atoms with Crippen molar-refractivity contribution in [3.63, 3.8) is 0 Å². The fourth-order valence-corrected chi connectivity index (χ4v) is 2.21. The number of hydrogen-bond acceptors (Lipinski definition) is 2. The SMILES string of the molecule is CC1(C)C=CC(C=O)C(CCCO)C1. The Bertz CT molecular complexity index is 218. The first-order valence-electron chi connectivity index (χ1n) is 5.34. The zero-order valence-electron chi connectivity index (χ0n) is 9.07. The summed E-state index contributed by atoms with van der Waals surface area (Å²) in [6.45, 7) is 4.61. The molecule has 0 fully saturated rings. The highest BCUT2D eigenvalue weighted by atomic mass is 16.2. The maximum Gasteiger partial charge on any atom is 0.127 e. The Morgan fingerprint density at radius 1 is 1.57 bits per heavy atom. The Labute approximate surface area is 86.0 Å². The minimum Gasteiger partial charge on any atom is -0.396 e. The highest BCUT2D eigenvalue weighted by Gasteiger charge is 2.29. The zero-order chi connectivity index (χ0) is 10.6. The summed E-state index contributed by atoms with van der Waals surface area (Å²) in [4.78, 5) is 10.8. The molecule has 0 heterocycles. The minimum atomic E-state index is 0.0644. The van der Waals surface area contributed by atoms with E-state index in [0.717, 1.165) is 25.5 Å². The molecule has 0 aromatic rings. The van der Waals surface area contributed by atoms with Gasteiger partial charge in [-0.2, -0.15) is 0 Å². The number of carbonyl (C=O) groups excluding carboxylic acids is 1. The van der Waals surface area contributed by atoms with Gasteiger partial charge in [0.25, 0.3) is 0 Å². The van der Waals surface area contributed by atoms with E-state index in [0.29, 0.717) is 5.92 Å². The van der Waals surface area contributed by atoms with Gasteiger partial charge in [-0.25, -0.2) is 0 Å². The number of allylic oxidation sites excluding steroid dienone is 2. The summed E-state index contributed by atoms with van der Waals surface area (Å²) in [6, 6.07) is 0. The molecule has 0 aromatic heterocycles. The number of carbonyl (C=O) groups is 1. The summed E-state index contributed by atoms with van der Waals surface area (Å²) < 4.78 is 0. The summed E-state index contributed by atoms with van der Waals surface area (Å²) in [7, 11) is 0. The van der Waals surface area contributed by atoms with Crippen molar-refractivity contribution in [3.8, 4) is 0 Å². The molecule has 0 saturated heterocycles. The second kappa shape index (κ2) is 4.74. The van der Waals surface area contributed by atoms with E-state index in [1.807, 2.05) is 6.08 Å². The summed E-state index contributed by atoms with van der Waals surface area (Å²) in [5, 5.41) is 8.78. The summed E-state index contributed by atoms with van der Waals surface area (Å²) in [5.41, 5.74) is 0.208. The van der Waals surface area contributed by atoms with Gasteiger partial charge >= 0.3 is 0 Å². The van der Waals surface area contributed by atoms with Gasteiger partial charge < -0.3 is 9.90 Å². The third-order valence-corrected chi connectivity index (χ3v) is 2.99. The third-order valence-electron chi connectivity index (χ3n) is 2.99. The van der Waals surface area contributed by atoms with Crippen molar-refractivity contribution in [1.29, 1.82) is 0 Å². The lowest BCUT2D eigenvalue weighted by molar-refractivity contribution is -0.111. The van der Waals surface area contributed by atoms with Crippen molar-refractivity contribution in [2.24, 2.45) is 17.3 Å². The van der Waals surface area contributed by atoms with Gasteiger partial charge in [-0.05, 0) is 30.6 Å². The molecule has 2 unspecified atom stereocenters. The van der Waals surface area contributed by atoms with Crippen LogP contribution in [-0.4, -0.2) is 18.0 Å². The molecule has 80 valence electrons. The molecule has 1 aliphatic rings. The smallest absolute Gasteiger partial charge is 0.127 e. The Hall–Kier alpha value is -0.630. The van der Waals surface area contributed by atoms with Gasteiger partial charge in [-0.15, -0.1) is 0 Å². The third kappa shape index (κ3) is 2.95. The van der Waals surface area contributed by atoms with Crippen LogP contribution in [0, 0.1) is 17.3 Å². The molecule has 14 heavy (non-hydrogen) atoms. The van der Waals surface area contributed by atoms with Crippen molar-refractivity contribution in [2.75, 3.05) is 6.61 Å². The highest BCUT2D eigenvalue weighted by Crippen LogP contribution is 2.38. The van der Waals surface area contributed by atoms with Crippen LogP contribution in [0.25, 0.3) is 0 Å². The quantitative estimate of drug-likeness (QED) is 0.552. The van der Waals surface area contributed by atoms with Gasteiger partial charge in [0.1, 0.15) is 6.29 Å². The standard InChI is InChI=1S/C12H20O2/c1-12(2)6-5-11(9-14)10(8-12)4-3-7-13/h5-6,9-11,13H,3-4,7-8H2,1-2H3. The van der Waals surface area contributed by atoms with Gasteiger partial charge in [0, 0.05) is 12.5 Å². The van der Waals surface area contributed by atoms with Crippen molar-refractivity contribution in [3.05, 3.63) is 12.2 Å². The Morgan fingerprint density at radius 3 is 2.86 bits per heavy atom. The molecular weight excluding hydrogens is 176 g/mol. The molecule has 0 aromatic carbocycles. The zero-order valence-corrected chi connectivity index (χ0v) is 9.07. The lowest BCUT2D eigenvalue weighted by atomic mass is 9.71. The molecule has 0 amide bonds. The molecule has 1 aliphatic carbocycles. The lowest BCUT2D eigenvalue weighted by Crippen LogP contribution is -2.26. The molecule has 0 spiro atoms. The van der Waals surface area contributed by atoms with Crippen molar-refractivity contribution < 1.29 is 9.90 Å². The predicted molar refractivity (Wildman–Crippen MR) is 56.9 cm³/mol. The minimum absolute atomic E-state index is 0.0644. The molecule has 2 atom stereocenters. The number of rotatable bonds is 4. The molecule has 1 rings (SSSR count). The summed E-state index contributed by atoms with van der Waals surface area (Å²) >= 11 is 0. The average molecular weight is 196 g/mol. The molecule has 0 radical (unpaired) electrons. The van der Waals surface area contributed by atoms with Gasteiger partial charge in [-0.1, -0.05) is 26.0 Å². The van der Waals surface area contributed by atoms with Gasteiger partial charge in [0.15, 0.2) is 0 Å². The van der Waals surface area contributed by atoms with E-state index in [2.05, 4.69) is 19.9 Å². The number of hydrogen-bond donors (Lipinski definition) is 1. The molecular formula is C12H20O2. The predicted octanol–water partition coefficient (Wildman–Crippen LogP) is 2.18. The first-order chi connectivity index (χ1) is 6.59. The van der Waals surface area contributed by atoms with Crippen LogP contribution in [0.1, 0.15) is 33.1 Å². The molecule has 0 bridgehead atoms. The van der Waals surface area contributed by atoms with Crippen LogP contribution in [-0.2, 0) is 4.79 Å². The fourth-order valence-electron chi connectivity index (χ4n) is 2.21. The maximum atomic E-state index is 10.8. The monoisotopic (exact) mass is 196 g/mol. The van der Waals surface area contributed by atoms with Gasteiger partial charge in [0.2, 0.25) is 0 Å². The van der Waals surface area contributed by atoms with Crippen LogP contribution in [0.4, 0.5) is 0 Å². The van der Waals surface area contributed by atoms with Crippen molar-refractivity contribution in [1.82, 2.24) is 0 Å². The van der Waals surface area contributed by atoms with Crippen molar-refractivity contribution >= 4 is 6.29 Å². The van der Waals surface area contributed by atoms with E-state index in [-0.39, 0.29) is 17.9 Å². The number of aliphatic hydroxyl groups excluding tert-OH is 1. The Morgan fingerprint density at radius 2 is 2.29 bits per heavy atom. The van der Waals surface area contributed by atoms with E-state index in [1.54, 1.807) is 0 Å². The highest BCUT2D eigenvalue weighted by molar-refractivity contribution is 5.57. The van der Waals surface area contributed by atoms with E-state index < -0.39 is 0 Å². The second-order valence-electron chi connectivity index (χ2n) is 4.89. The van der Waals surface area contributed by atoms with E-state index in [4.69, 9.17) is 5.11 Å². The van der Waals surface area contributed by atoms with Crippen LogP contribution in [0.3, 0.4) is 0 Å². The van der Waals surface area contributed by atoms with E-state index >= 15 is 0 Å². The van der Waals surface area contributed by atoms with Crippen LogP contribution in [0.2, 0.25) is 0 Å². The fraction of sp³-hybridized carbons (Fsp3) is 0.750. The Kier molecular flexibility index (Phi) is 3.87. The molecule has 2 nitrogen and oxygen atoms in total. The van der Waals surface area contributed by atoms with Crippen LogP contribution >= 0.6 is 0 Å². The second-order valence-corrected chi connectivity index (χ2v) is 4.89. The summed E-state index contributed by atoms with van der Waals surface area (Å²) in [5.74, 6) is 0.481. The molecule has 0 aliphatic heterocycles. The van der Waals surface area contributed by atoms with E-state index in [1.165, 1.54) is 0 Å². The van der Waals surface area contributed by atoms with Crippen molar-refractivity contribution in [2.45, 2.75) is 33.1 Å². The van der Waals surface area contributed by atoms with Crippen LogP contribution in [0.15, 0.2) is 12.2 Å². The van der Waals surface area contributed by atoms with E-state index in [9.17, 15) is 4.79 Å². The van der Waals surface area contributed by atoms with Gasteiger partial charge in [0.05, 0.1) is 0 Å². The summed E-state index contributed by atoms with van der Waals surface area (Å²) in [6.07, 6.45) is 8.01. The molecule has 1 N–H and O–H groups in total. The first-order valence-corrected chi connectivity index (χ1v) is 5.34. The normalized spacial score (nSPS) is 30.2. The van der Waals surface area contributed by atoms with Gasteiger partial charge in [-0.3, -0.25) is 0 Å². The van der Waals surface area contributed by atoms with Crippen LogP contribution in [0.5, 0.6) is 0 Å². The number of aliphatic hydroxyl groups is 1. The molecule has 0 saturated carbocycles. The molecule has 2 heteroatoms. The lowest BCUT2D eigenvalue weighted by Gasteiger charge is -2.33.